The van der Waals surface area contributed by atoms with Crippen LogP contribution in [0.1, 0.15) is 33.0 Å². The fourth-order valence-corrected chi connectivity index (χ4v) is 1.53. The number of hydrogen-bond acceptors (Lipinski definition) is 5. The molecule has 108 valence electrons. The summed E-state index contributed by atoms with van der Waals surface area (Å²) in [4.78, 5) is 8.75. The molecule has 1 N–H and O–H groups in total. The minimum atomic E-state index is 0.512. The molecule has 19 heavy (non-hydrogen) atoms. The Kier molecular flexibility index (Phi) is 7.18. The van der Waals surface area contributed by atoms with Crippen LogP contribution >= 0.6 is 0 Å². The van der Waals surface area contributed by atoms with Gasteiger partial charge in [-0.3, -0.25) is 0 Å². The van der Waals surface area contributed by atoms with Crippen molar-refractivity contribution in [2.45, 2.75) is 33.6 Å². The molecular weight excluding hydrogens is 242 g/mol. The lowest BCUT2D eigenvalue weighted by Crippen LogP contribution is -2.11. The van der Waals surface area contributed by atoms with Gasteiger partial charge in [0.1, 0.15) is 18.2 Å². The molecule has 0 radical (unpaired) electrons. The van der Waals surface area contributed by atoms with Crippen LogP contribution in [0.15, 0.2) is 6.07 Å². The second kappa shape index (κ2) is 8.69. The van der Waals surface area contributed by atoms with Gasteiger partial charge < -0.3 is 14.8 Å². The summed E-state index contributed by atoms with van der Waals surface area (Å²) in [5.41, 5.74) is 0. The lowest BCUT2D eigenvalue weighted by Gasteiger charge is -2.10. The van der Waals surface area contributed by atoms with Crippen molar-refractivity contribution >= 4 is 5.82 Å². The monoisotopic (exact) mass is 267 g/mol. The third-order valence-corrected chi connectivity index (χ3v) is 2.41. The Morgan fingerprint density at radius 1 is 1.26 bits per heavy atom. The van der Waals surface area contributed by atoms with Gasteiger partial charge in [-0.2, -0.15) is 4.98 Å². The molecule has 0 aliphatic rings. The Labute approximate surface area is 115 Å². The molecular formula is C14H25N3O2. The molecule has 0 fully saturated rings. The highest BCUT2D eigenvalue weighted by Gasteiger charge is 2.04. The molecule has 0 aromatic carbocycles. The summed E-state index contributed by atoms with van der Waals surface area (Å²) in [5.74, 6) is 2.76. The molecule has 0 bridgehead atoms. The zero-order valence-corrected chi connectivity index (χ0v) is 12.4. The molecule has 0 unspecified atom stereocenters. The Bertz CT molecular complexity index is 370. The normalized spacial score (nSPS) is 10.8. The van der Waals surface area contributed by atoms with Crippen LogP contribution < -0.4 is 10.1 Å². The van der Waals surface area contributed by atoms with Gasteiger partial charge in [-0.25, -0.2) is 4.98 Å². The van der Waals surface area contributed by atoms with E-state index in [1.807, 2.05) is 13.1 Å². The lowest BCUT2D eigenvalue weighted by atomic mass is 10.2. The van der Waals surface area contributed by atoms with Crippen LogP contribution in [0.4, 0.5) is 5.82 Å². The van der Waals surface area contributed by atoms with Gasteiger partial charge >= 0.3 is 0 Å². The van der Waals surface area contributed by atoms with E-state index in [9.17, 15) is 0 Å². The first kappa shape index (κ1) is 15.7. The second-order valence-corrected chi connectivity index (χ2v) is 4.82. The number of rotatable bonds is 9. The van der Waals surface area contributed by atoms with Gasteiger partial charge in [-0.15, -0.1) is 0 Å². The number of ether oxygens (including phenoxy) is 2. The maximum atomic E-state index is 5.60. The van der Waals surface area contributed by atoms with Crippen molar-refractivity contribution in [3.05, 3.63) is 11.9 Å². The fraction of sp³-hybridized carbons (Fsp3) is 0.714. The minimum absolute atomic E-state index is 0.512. The topological polar surface area (TPSA) is 56.3 Å². The highest BCUT2D eigenvalue weighted by atomic mass is 16.5. The summed E-state index contributed by atoms with van der Waals surface area (Å²) in [5, 5.41) is 3.02. The fourth-order valence-electron chi connectivity index (χ4n) is 1.53. The molecule has 1 heterocycles. The van der Waals surface area contributed by atoms with Crippen molar-refractivity contribution in [1.29, 1.82) is 0 Å². The molecule has 1 rings (SSSR count). The third kappa shape index (κ3) is 6.38. The number of hydrogen-bond donors (Lipinski definition) is 1. The SMILES string of the molecule is CCCc1nc(NC)cc(OCCOCC(C)C)n1. The van der Waals surface area contributed by atoms with E-state index in [0.717, 1.165) is 31.1 Å². The van der Waals surface area contributed by atoms with E-state index in [1.165, 1.54) is 0 Å². The van der Waals surface area contributed by atoms with Crippen molar-refractivity contribution in [1.82, 2.24) is 9.97 Å². The predicted octanol–water partition coefficient (Wildman–Crippen LogP) is 2.52. The van der Waals surface area contributed by atoms with E-state index in [0.29, 0.717) is 25.0 Å². The second-order valence-electron chi connectivity index (χ2n) is 4.82. The number of nitrogens with one attached hydrogen (secondary N) is 1. The van der Waals surface area contributed by atoms with Gasteiger partial charge in [-0.1, -0.05) is 20.8 Å². The zero-order valence-electron chi connectivity index (χ0n) is 12.4. The average molecular weight is 267 g/mol. The van der Waals surface area contributed by atoms with Gasteiger partial charge in [0.05, 0.1) is 6.61 Å². The molecule has 0 aliphatic carbocycles. The highest BCUT2D eigenvalue weighted by Crippen LogP contribution is 2.14. The average Bonchev–Trinajstić information content (AvgIpc) is 2.38. The molecule has 0 saturated carbocycles. The highest BCUT2D eigenvalue weighted by molar-refractivity contribution is 5.37. The van der Waals surface area contributed by atoms with Crippen LogP contribution in [0.3, 0.4) is 0 Å². The summed E-state index contributed by atoms with van der Waals surface area (Å²) in [6, 6.07) is 1.81. The summed E-state index contributed by atoms with van der Waals surface area (Å²) in [6.45, 7) is 8.22. The maximum absolute atomic E-state index is 5.60. The van der Waals surface area contributed by atoms with E-state index >= 15 is 0 Å². The minimum Gasteiger partial charge on any atom is -0.475 e. The summed E-state index contributed by atoms with van der Waals surface area (Å²) >= 11 is 0. The van der Waals surface area contributed by atoms with E-state index in [-0.39, 0.29) is 0 Å². The molecule has 1 aromatic heterocycles. The molecule has 0 amide bonds. The first-order chi connectivity index (χ1) is 9.15. The standard InChI is InChI=1S/C14H25N3O2/c1-5-6-12-16-13(15-4)9-14(17-12)19-8-7-18-10-11(2)3/h9,11H,5-8,10H2,1-4H3,(H,15,16,17). The quantitative estimate of drug-likeness (QED) is 0.697. The van der Waals surface area contributed by atoms with Crippen molar-refractivity contribution < 1.29 is 9.47 Å². The largest absolute Gasteiger partial charge is 0.475 e. The number of nitrogens with zero attached hydrogens (tertiary/aromatic N) is 2. The van der Waals surface area contributed by atoms with Gasteiger partial charge in [0, 0.05) is 26.1 Å². The zero-order chi connectivity index (χ0) is 14.1. The number of aryl methyl sites for hydroxylation is 1. The molecule has 0 atom stereocenters. The molecule has 1 aromatic rings. The Morgan fingerprint density at radius 3 is 2.68 bits per heavy atom. The van der Waals surface area contributed by atoms with Crippen LogP contribution in [-0.2, 0) is 11.2 Å². The van der Waals surface area contributed by atoms with Crippen molar-refractivity contribution in [3.8, 4) is 5.88 Å². The first-order valence-corrected chi connectivity index (χ1v) is 6.92. The summed E-state index contributed by atoms with van der Waals surface area (Å²) in [6.07, 6.45) is 1.87. The third-order valence-electron chi connectivity index (χ3n) is 2.41. The molecule has 0 spiro atoms. The molecule has 5 nitrogen and oxygen atoms in total. The Balaban J connectivity index is 2.45. The van der Waals surface area contributed by atoms with Crippen molar-refractivity contribution in [2.24, 2.45) is 5.92 Å². The Hall–Kier alpha value is -1.36. The lowest BCUT2D eigenvalue weighted by molar-refractivity contribution is 0.0805. The molecule has 0 aliphatic heterocycles. The van der Waals surface area contributed by atoms with Gasteiger partial charge in [0.15, 0.2) is 0 Å². The van der Waals surface area contributed by atoms with Gasteiger partial charge in [-0.05, 0) is 12.3 Å². The summed E-state index contributed by atoms with van der Waals surface area (Å²) in [7, 11) is 1.84. The number of anilines is 1. The van der Waals surface area contributed by atoms with Gasteiger partial charge in [0.2, 0.25) is 5.88 Å². The van der Waals surface area contributed by atoms with E-state index < -0.39 is 0 Å². The van der Waals surface area contributed by atoms with Crippen molar-refractivity contribution in [2.75, 3.05) is 32.2 Å². The van der Waals surface area contributed by atoms with E-state index in [1.54, 1.807) is 0 Å². The maximum Gasteiger partial charge on any atom is 0.218 e. The van der Waals surface area contributed by atoms with E-state index in [4.69, 9.17) is 9.47 Å². The predicted molar refractivity (Wildman–Crippen MR) is 76.7 cm³/mol. The molecule has 5 heteroatoms. The van der Waals surface area contributed by atoms with Crippen LogP contribution in [0.25, 0.3) is 0 Å². The van der Waals surface area contributed by atoms with E-state index in [2.05, 4.69) is 36.1 Å². The van der Waals surface area contributed by atoms with Crippen LogP contribution in [-0.4, -0.2) is 36.8 Å². The smallest absolute Gasteiger partial charge is 0.218 e. The summed E-state index contributed by atoms with van der Waals surface area (Å²) < 4.78 is 11.1. The Morgan fingerprint density at radius 2 is 2.05 bits per heavy atom. The van der Waals surface area contributed by atoms with Gasteiger partial charge in [0.25, 0.3) is 0 Å². The first-order valence-electron chi connectivity index (χ1n) is 6.92. The van der Waals surface area contributed by atoms with Crippen LogP contribution in [0, 0.1) is 5.92 Å². The molecule has 0 saturated heterocycles. The number of aromatic nitrogens is 2. The van der Waals surface area contributed by atoms with Crippen LogP contribution in [0.5, 0.6) is 5.88 Å². The van der Waals surface area contributed by atoms with Crippen LogP contribution in [0.2, 0.25) is 0 Å². The van der Waals surface area contributed by atoms with Crippen molar-refractivity contribution in [3.63, 3.8) is 0 Å².